The maximum Gasteiger partial charge on any atom is 0.416 e. The Morgan fingerprint density at radius 3 is 2.50 bits per heavy atom. The van der Waals surface area contributed by atoms with Gasteiger partial charge in [-0.3, -0.25) is 4.79 Å². The van der Waals surface area contributed by atoms with Crippen molar-refractivity contribution in [3.05, 3.63) is 81.2 Å². The van der Waals surface area contributed by atoms with E-state index >= 15 is 0 Å². The zero-order chi connectivity index (χ0) is 23.8. The third kappa shape index (κ3) is 5.72. The number of carbonyl (C=O) groups is 1. The van der Waals surface area contributed by atoms with Gasteiger partial charge in [-0.2, -0.15) is 36.4 Å². The van der Waals surface area contributed by atoms with E-state index in [1.807, 2.05) is 17.5 Å². The van der Waals surface area contributed by atoms with Crippen molar-refractivity contribution in [2.24, 2.45) is 0 Å². The maximum atomic E-state index is 13.1. The Morgan fingerprint density at radius 1 is 1.12 bits per heavy atom. The molecule has 2 aromatic carbocycles. The average Bonchev–Trinajstić information content (AvgIpc) is 3.43. The molecule has 0 saturated heterocycles. The minimum atomic E-state index is -4.63. The van der Waals surface area contributed by atoms with Crippen molar-refractivity contribution in [3.8, 4) is 16.4 Å². The number of alkyl halides is 3. The van der Waals surface area contributed by atoms with Crippen molar-refractivity contribution in [1.82, 2.24) is 25.1 Å². The fourth-order valence-corrected chi connectivity index (χ4v) is 4.20. The fraction of sp³-hybridized carbons (Fsp3) is 0.143. The van der Waals surface area contributed by atoms with Crippen LogP contribution in [0, 0.1) is 0 Å². The van der Waals surface area contributed by atoms with Crippen LogP contribution in [0.15, 0.2) is 54.2 Å². The van der Waals surface area contributed by atoms with E-state index in [1.54, 1.807) is 19.1 Å². The molecule has 2 aromatic heterocycles. The standard InChI is InChI=1S/C21H14Cl2F3N5OS.H2S/c1-11(29-19(32)13-6-14(21(24,25)26)8-16(23)7-13)18-27-10-28-31(18)20-30-17(9-33-20)12-2-4-15(22)5-3-12;/h2-11H,1H3,(H,29,32);1H2/t11-;/m0./s1. The Labute approximate surface area is 213 Å². The first-order valence-corrected chi connectivity index (χ1v) is 11.1. The number of benzene rings is 2. The van der Waals surface area contributed by atoms with Crippen LogP contribution in [0.5, 0.6) is 0 Å². The first kappa shape index (κ1) is 26.0. The third-order valence-corrected chi connectivity index (χ3v) is 5.90. The van der Waals surface area contributed by atoms with Crippen LogP contribution in [0.25, 0.3) is 16.4 Å². The molecule has 1 N–H and O–H groups in total. The molecule has 2 heterocycles. The number of nitrogens with one attached hydrogen (secondary N) is 1. The van der Waals surface area contributed by atoms with Crippen LogP contribution in [0.1, 0.15) is 34.7 Å². The highest BCUT2D eigenvalue weighted by Gasteiger charge is 2.32. The lowest BCUT2D eigenvalue weighted by Crippen LogP contribution is -2.29. The lowest BCUT2D eigenvalue weighted by Gasteiger charge is -2.15. The molecule has 0 aliphatic rings. The highest BCUT2D eigenvalue weighted by atomic mass is 35.5. The fourth-order valence-electron chi connectivity index (χ4n) is 3.04. The number of rotatable bonds is 5. The summed E-state index contributed by atoms with van der Waals surface area (Å²) < 4.78 is 40.6. The van der Waals surface area contributed by atoms with Gasteiger partial charge in [0.25, 0.3) is 5.91 Å². The van der Waals surface area contributed by atoms with Crippen molar-refractivity contribution in [3.63, 3.8) is 0 Å². The predicted octanol–water partition coefficient (Wildman–Crippen LogP) is 6.32. The van der Waals surface area contributed by atoms with Gasteiger partial charge in [0.05, 0.1) is 17.3 Å². The second kappa shape index (κ2) is 10.3. The number of hydrogen-bond acceptors (Lipinski definition) is 5. The Bertz CT molecular complexity index is 1310. The van der Waals surface area contributed by atoms with Crippen molar-refractivity contribution < 1.29 is 18.0 Å². The van der Waals surface area contributed by atoms with Crippen molar-refractivity contribution >= 4 is 53.9 Å². The van der Waals surface area contributed by atoms with E-state index in [2.05, 4.69) is 20.4 Å². The van der Waals surface area contributed by atoms with Crippen LogP contribution in [0.4, 0.5) is 13.2 Å². The molecule has 4 rings (SSSR count). The molecule has 0 spiro atoms. The van der Waals surface area contributed by atoms with Gasteiger partial charge in [-0.15, -0.1) is 11.3 Å². The summed E-state index contributed by atoms with van der Waals surface area (Å²) in [6.07, 6.45) is -3.32. The smallest absolute Gasteiger partial charge is 0.342 e. The van der Waals surface area contributed by atoms with Crippen LogP contribution in [-0.4, -0.2) is 25.7 Å². The molecular formula is C21H16Cl2F3N5OS2. The van der Waals surface area contributed by atoms with Gasteiger partial charge >= 0.3 is 6.18 Å². The second-order valence-electron chi connectivity index (χ2n) is 6.97. The number of halogens is 5. The molecule has 13 heteroatoms. The normalized spacial score (nSPS) is 12.2. The number of aromatic nitrogens is 4. The first-order valence-electron chi connectivity index (χ1n) is 9.42. The molecule has 1 atom stereocenters. The molecular weight excluding hydrogens is 530 g/mol. The number of hydrogen-bond donors (Lipinski definition) is 1. The molecule has 6 nitrogen and oxygen atoms in total. The summed E-state index contributed by atoms with van der Waals surface area (Å²) >= 11 is 13.0. The van der Waals surface area contributed by atoms with Crippen LogP contribution in [0.3, 0.4) is 0 Å². The van der Waals surface area contributed by atoms with E-state index in [9.17, 15) is 18.0 Å². The lowest BCUT2D eigenvalue weighted by atomic mass is 10.1. The molecule has 0 fully saturated rings. The van der Waals surface area contributed by atoms with Gasteiger partial charge in [0.2, 0.25) is 5.13 Å². The van der Waals surface area contributed by atoms with Crippen molar-refractivity contribution in [2.75, 3.05) is 0 Å². The molecule has 0 radical (unpaired) electrons. The molecule has 4 aromatic rings. The number of nitrogens with zero attached hydrogens (tertiary/aromatic N) is 4. The maximum absolute atomic E-state index is 13.1. The van der Waals surface area contributed by atoms with Gasteiger partial charge in [0, 0.05) is 26.6 Å². The van der Waals surface area contributed by atoms with E-state index < -0.39 is 23.7 Å². The molecule has 0 bridgehead atoms. The summed E-state index contributed by atoms with van der Waals surface area (Å²) in [6, 6.07) is 9.19. The van der Waals surface area contributed by atoms with E-state index in [0.717, 1.165) is 17.7 Å². The van der Waals surface area contributed by atoms with Crippen LogP contribution in [-0.2, 0) is 6.18 Å². The summed E-state index contributed by atoms with van der Waals surface area (Å²) in [5.41, 5.74) is 0.357. The molecule has 0 aliphatic heterocycles. The molecule has 0 saturated carbocycles. The predicted molar refractivity (Wildman–Crippen MR) is 130 cm³/mol. The highest BCUT2D eigenvalue weighted by Crippen LogP contribution is 2.32. The summed E-state index contributed by atoms with van der Waals surface area (Å²) in [7, 11) is 0. The number of amides is 1. The van der Waals surface area contributed by atoms with Gasteiger partial charge in [-0.25, -0.2) is 9.97 Å². The van der Waals surface area contributed by atoms with Gasteiger partial charge in [-0.05, 0) is 37.3 Å². The van der Waals surface area contributed by atoms with E-state index in [4.69, 9.17) is 23.2 Å². The SMILES string of the molecule is C[C@H](NC(=O)c1cc(Cl)cc(C(F)(F)F)c1)c1ncnn1-c1nc(-c2ccc(Cl)cc2)cs1.S. The minimum Gasteiger partial charge on any atom is -0.342 e. The Morgan fingerprint density at radius 2 is 1.82 bits per heavy atom. The van der Waals surface area contributed by atoms with Gasteiger partial charge in [0.15, 0.2) is 5.82 Å². The Balaban J connectivity index is 0.00000324. The number of carbonyl (C=O) groups excluding carboxylic acids is 1. The van der Waals surface area contributed by atoms with Crippen molar-refractivity contribution in [1.29, 1.82) is 0 Å². The topological polar surface area (TPSA) is 72.7 Å². The number of thiazole rings is 1. The average molecular weight is 546 g/mol. The molecule has 0 aliphatic carbocycles. The Hall–Kier alpha value is -2.60. The zero-order valence-electron chi connectivity index (χ0n) is 17.3. The lowest BCUT2D eigenvalue weighted by molar-refractivity contribution is -0.137. The Kier molecular flexibility index (Phi) is 7.91. The van der Waals surface area contributed by atoms with Gasteiger partial charge in [-0.1, -0.05) is 35.3 Å². The van der Waals surface area contributed by atoms with E-state index in [-0.39, 0.29) is 24.1 Å². The largest absolute Gasteiger partial charge is 0.416 e. The first-order chi connectivity index (χ1) is 15.6. The van der Waals surface area contributed by atoms with E-state index in [0.29, 0.717) is 21.7 Å². The molecule has 34 heavy (non-hydrogen) atoms. The summed E-state index contributed by atoms with van der Waals surface area (Å²) in [6.45, 7) is 1.64. The zero-order valence-corrected chi connectivity index (χ0v) is 20.6. The molecule has 178 valence electrons. The highest BCUT2D eigenvalue weighted by molar-refractivity contribution is 7.59. The minimum absolute atomic E-state index is 0. The van der Waals surface area contributed by atoms with Crippen LogP contribution in [0.2, 0.25) is 10.0 Å². The van der Waals surface area contributed by atoms with Crippen LogP contribution < -0.4 is 5.32 Å². The van der Waals surface area contributed by atoms with Gasteiger partial charge in [0.1, 0.15) is 6.33 Å². The quantitative estimate of drug-likeness (QED) is 0.318. The third-order valence-electron chi connectivity index (χ3n) is 4.61. The summed E-state index contributed by atoms with van der Waals surface area (Å²) in [5.74, 6) is -0.371. The molecule has 0 unspecified atom stereocenters. The van der Waals surface area contributed by atoms with E-state index in [1.165, 1.54) is 28.4 Å². The molecule has 1 amide bonds. The van der Waals surface area contributed by atoms with Crippen molar-refractivity contribution in [2.45, 2.75) is 19.1 Å². The second-order valence-corrected chi connectivity index (χ2v) is 8.68. The summed E-state index contributed by atoms with van der Waals surface area (Å²) in [4.78, 5) is 21.4. The van der Waals surface area contributed by atoms with Gasteiger partial charge < -0.3 is 5.32 Å². The van der Waals surface area contributed by atoms with Crippen LogP contribution >= 0.6 is 48.0 Å². The summed E-state index contributed by atoms with van der Waals surface area (Å²) in [5, 5.41) is 9.59. The monoisotopic (exact) mass is 545 g/mol.